The van der Waals surface area contributed by atoms with Crippen molar-refractivity contribution < 1.29 is 14.7 Å². The van der Waals surface area contributed by atoms with Crippen molar-refractivity contribution in [3.05, 3.63) is 82.1 Å². The highest BCUT2D eigenvalue weighted by atomic mass is 32.2. The van der Waals surface area contributed by atoms with Crippen molar-refractivity contribution in [1.82, 2.24) is 14.8 Å². The van der Waals surface area contributed by atoms with Crippen LogP contribution < -0.4 is 5.32 Å². The van der Waals surface area contributed by atoms with Crippen LogP contribution in [0.5, 0.6) is 0 Å². The number of carbonyl (C=O) groups is 2. The quantitative estimate of drug-likeness (QED) is 0.553. The summed E-state index contributed by atoms with van der Waals surface area (Å²) in [6.07, 6.45) is 2.23. The molecule has 0 fully saturated rings. The Morgan fingerprint density at radius 2 is 1.91 bits per heavy atom. The zero-order valence-electron chi connectivity index (χ0n) is 17.5. The maximum absolute atomic E-state index is 12.9. The molecule has 1 unspecified atom stereocenters. The number of fused-ring (bicyclic) bond motifs is 1. The highest BCUT2D eigenvalue weighted by Crippen LogP contribution is 2.40. The topological polar surface area (TPSA) is 97.1 Å². The van der Waals surface area contributed by atoms with Crippen LogP contribution in [0.4, 0.5) is 5.95 Å². The minimum absolute atomic E-state index is 0.165. The number of carboxylic acids is 1. The molecule has 2 aromatic carbocycles. The van der Waals surface area contributed by atoms with E-state index in [0.717, 1.165) is 40.8 Å². The molecule has 1 aromatic heterocycles. The van der Waals surface area contributed by atoms with Gasteiger partial charge < -0.3 is 10.4 Å². The highest BCUT2D eigenvalue weighted by Gasteiger charge is 2.36. The number of aromatic nitrogens is 3. The van der Waals surface area contributed by atoms with E-state index in [-0.39, 0.29) is 17.4 Å². The van der Waals surface area contributed by atoms with Crippen molar-refractivity contribution in [2.24, 2.45) is 0 Å². The van der Waals surface area contributed by atoms with Crippen LogP contribution in [0.2, 0.25) is 0 Å². The number of carboxylic acid groups (broad SMARTS) is 1. The predicted molar refractivity (Wildman–Crippen MR) is 122 cm³/mol. The van der Waals surface area contributed by atoms with Crippen molar-refractivity contribution in [3.8, 4) is 0 Å². The first-order chi connectivity index (χ1) is 15.5. The van der Waals surface area contributed by atoms with Crippen molar-refractivity contribution in [2.75, 3.05) is 5.32 Å². The second-order valence-electron chi connectivity index (χ2n) is 8.06. The minimum Gasteiger partial charge on any atom is -0.478 e. The number of nitrogens with one attached hydrogen (secondary N) is 1. The van der Waals surface area contributed by atoms with E-state index in [2.05, 4.69) is 34.6 Å². The number of rotatable bonds is 5. The van der Waals surface area contributed by atoms with Crippen molar-refractivity contribution in [2.45, 2.75) is 43.1 Å². The summed E-state index contributed by atoms with van der Waals surface area (Å²) in [7, 11) is 0. The molecule has 0 amide bonds. The fourth-order valence-corrected chi connectivity index (χ4v) is 4.93. The lowest BCUT2D eigenvalue weighted by Gasteiger charge is -2.32. The van der Waals surface area contributed by atoms with Gasteiger partial charge in [-0.25, -0.2) is 9.48 Å². The number of ketones is 1. The van der Waals surface area contributed by atoms with Crippen LogP contribution in [0.25, 0.3) is 0 Å². The number of carbonyl (C=O) groups excluding carboxylic acids is 1. The molecular weight excluding hydrogens is 424 g/mol. The number of thioether (sulfide) groups is 1. The molecule has 0 saturated carbocycles. The SMILES string of the molecule is Cc1ccc(C2C3=C(CCCC3=O)Nc3nc(SCc4ccc(C(=O)O)cc4)nn32)cc1. The van der Waals surface area contributed by atoms with E-state index in [1.54, 1.807) is 24.3 Å². The van der Waals surface area contributed by atoms with E-state index in [9.17, 15) is 9.59 Å². The number of hydrogen-bond acceptors (Lipinski definition) is 6. The Labute approximate surface area is 189 Å². The molecule has 1 aliphatic heterocycles. The van der Waals surface area contributed by atoms with E-state index in [1.165, 1.54) is 11.8 Å². The molecule has 0 saturated heterocycles. The average molecular weight is 447 g/mol. The van der Waals surface area contributed by atoms with Crippen molar-refractivity contribution >= 4 is 29.5 Å². The molecule has 2 heterocycles. The Morgan fingerprint density at radius 1 is 1.16 bits per heavy atom. The Bertz CT molecular complexity index is 1230. The van der Waals surface area contributed by atoms with Crippen LogP contribution in [0.15, 0.2) is 65.0 Å². The Kier molecular flexibility index (Phi) is 5.30. The van der Waals surface area contributed by atoms with Gasteiger partial charge in [0.15, 0.2) is 5.78 Å². The van der Waals surface area contributed by atoms with E-state index in [0.29, 0.717) is 23.3 Å². The monoisotopic (exact) mass is 446 g/mol. The molecule has 1 atom stereocenters. The summed E-state index contributed by atoms with van der Waals surface area (Å²) < 4.78 is 1.82. The van der Waals surface area contributed by atoms with Gasteiger partial charge >= 0.3 is 5.97 Å². The van der Waals surface area contributed by atoms with Gasteiger partial charge in [-0.05, 0) is 43.0 Å². The summed E-state index contributed by atoms with van der Waals surface area (Å²) in [6.45, 7) is 2.04. The third kappa shape index (κ3) is 3.82. The summed E-state index contributed by atoms with van der Waals surface area (Å²) in [5.41, 5.74) is 5.18. The fraction of sp³-hybridized carbons (Fsp3) is 0.250. The Hall–Kier alpha value is -3.39. The summed E-state index contributed by atoms with van der Waals surface area (Å²) in [4.78, 5) is 28.6. The first kappa shape index (κ1) is 20.5. The molecule has 1 aliphatic carbocycles. The summed E-state index contributed by atoms with van der Waals surface area (Å²) in [5.74, 6) is 0.489. The normalized spacial score (nSPS) is 17.5. The maximum Gasteiger partial charge on any atom is 0.335 e. The Morgan fingerprint density at radius 3 is 2.62 bits per heavy atom. The number of hydrogen-bond donors (Lipinski definition) is 2. The van der Waals surface area contributed by atoms with Crippen LogP contribution in [0, 0.1) is 6.92 Å². The maximum atomic E-state index is 12.9. The molecule has 0 bridgehead atoms. The van der Waals surface area contributed by atoms with Gasteiger partial charge in [0, 0.05) is 23.4 Å². The molecular formula is C24H22N4O3S. The third-order valence-corrected chi connectivity index (χ3v) is 6.72. The number of anilines is 1. The van der Waals surface area contributed by atoms with Crippen LogP contribution >= 0.6 is 11.8 Å². The van der Waals surface area contributed by atoms with Crippen LogP contribution in [0.3, 0.4) is 0 Å². The smallest absolute Gasteiger partial charge is 0.335 e. The van der Waals surface area contributed by atoms with E-state index in [1.807, 2.05) is 11.6 Å². The molecule has 8 heteroatoms. The van der Waals surface area contributed by atoms with E-state index < -0.39 is 5.97 Å². The lowest BCUT2D eigenvalue weighted by Crippen LogP contribution is -2.31. The number of aromatic carboxylic acids is 1. The molecule has 32 heavy (non-hydrogen) atoms. The number of nitrogens with zero attached hydrogens (tertiary/aromatic N) is 3. The fourth-order valence-electron chi connectivity index (χ4n) is 4.15. The summed E-state index contributed by atoms with van der Waals surface area (Å²) in [6, 6.07) is 14.7. The first-order valence-electron chi connectivity index (χ1n) is 10.5. The second-order valence-corrected chi connectivity index (χ2v) is 9.00. The third-order valence-electron chi connectivity index (χ3n) is 5.81. The molecule has 2 aliphatic rings. The summed E-state index contributed by atoms with van der Waals surface area (Å²) in [5, 5.41) is 17.8. The number of Topliss-reactive ketones (excluding diaryl/α,β-unsaturated/α-hetero) is 1. The minimum atomic E-state index is -0.938. The van der Waals surface area contributed by atoms with Crippen molar-refractivity contribution in [1.29, 1.82) is 0 Å². The summed E-state index contributed by atoms with van der Waals surface area (Å²) >= 11 is 1.48. The van der Waals surface area contributed by atoms with Crippen LogP contribution in [0.1, 0.15) is 52.4 Å². The van der Waals surface area contributed by atoms with Gasteiger partial charge in [0.05, 0.1) is 5.56 Å². The highest BCUT2D eigenvalue weighted by molar-refractivity contribution is 7.98. The molecule has 5 rings (SSSR count). The molecule has 3 aromatic rings. The number of allylic oxidation sites excluding steroid dienone is 2. The van der Waals surface area contributed by atoms with Gasteiger partial charge in [0.2, 0.25) is 11.1 Å². The molecule has 0 spiro atoms. The predicted octanol–water partition coefficient (Wildman–Crippen LogP) is 4.60. The Balaban J connectivity index is 1.45. The molecule has 162 valence electrons. The lowest BCUT2D eigenvalue weighted by atomic mass is 9.85. The standard InChI is InChI=1S/C24H22N4O3S/c1-14-5-9-16(10-6-14)21-20-18(3-2-4-19(20)29)25-23-26-24(27-28(21)23)32-13-15-7-11-17(12-8-15)22(30)31/h5-12,21H,2-4,13H2,1H3,(H,30,31)(H,25,26,27). The van der Waals surface area contributed by atoms with E-state index in [4.69, 9.17) is 10.2 Å². The lowest BCUT2D eigenvalue weighted by molar-refractivity contribution is -0.116. The van der Waals surface area contributed by atoms with Gasteiger partial charge in [-0.15, -0.1) is 5.10 Å². The van der Waals surface area contributed by atoms with Gasteiger partial charge in [0.1, 0.15) is 6.04 Å². The van der Waals surface area contributed by atoms with E-state index >= 15 is 0 Å². The van der Waals surface area contributed by atoms with Crippen LogP contribution in [-0.2, 0) is 10.5 Å². The second kappa shape index (κ2) is 8.27. The zero-order valence-corrected chi connectivity index (χ0v) is 18.4. The van der Waals surface area contributed by atoms with Gasteiger partial charge in [0.25, 0.3) is 0 Å². The largest absolute Gasteiger partial charge is 0.478 e. The van der Waals surface area contributed by atoms with Crippen molar-refractivity contribution in [3.63, 3.8) is 0 Å². The molecule has 0 radical (unpaired) electrons. The zero-order chi connectivity index (χ0) is 22.2. The molecule has 7 nitrogen and oxygen atoms in total. The molecule has 2 N–H and O–H groups in total. The average Bonchev–Trinajstić information content (AvgIpc) is 3.20. The van der Waals surface area contributed by atoms with Gasteiger partial charge in [-0.1, -0.05) is 53.7 Å². The number of benzene rings is 2. The first-order valence-corrected chi connectivity index (χ1v) is 11.5. The van der Waals surface area contributed by atoms with Gasteiger partial charge in [-0.3, -0.25) is 4.79 Å². The number of aryl methyl sites for hydroxylation is 1. The van der Waals surface area contributed by atoms with Crippen LogP contribution in [-0.4, -0.2) is 31.6 Å². The van der Waals surface area contributed by atoms with Gasteiger partial charge in [-0.2, -0.15) is 4.98 Å².